The van der Waals surface area contributed by atoms with Crippen molar-refractivity contribution in [2.75, 3.05) is 39.3 Å². The molecule has 1 aromatic rings. The molecule has 0 aliphatic carbocycles. The fourth-order valence-electron chi connectivity index (χ4n) is 3.23. The molecule has 3 rings (SSSR count). The number of aryl methyl sites for hydroxylation is 1. The molecule has 0 aromatic heterocycles. The van der Waals surface area contributed by atoms with Gasteiger partial charge in [0.15, 0.2) is 0 Å². The van der Waals surface area contributed by atoms with Gasteiger partial charge in [0.1, 0.15) is 0 Å². The molecule has 0 unspecified atom stereocenters. The van der Waals surface area contributed by atoms with Crippen LogP contribution in [-0.2, 0) is 21.2 Å². The van der Waals surface area contributed by atoms with Crippen LogP contribution in [0.3, 0.4) is 0 Å². The lowest BCUT2D eigenvalue weighted by molar-refractivity contribution is -0.131. The van der Waals surface area contributed by atoms with Crippen molar-refractivity contribution < 1.29 is 13.2 Å². The van der Waals surface area contributed by atoms with Crippen LogP contribution in [0.15, 0.2) is 29.2 Å². The molecule has 0 spiro atoms. The number of carbonyl (C=O) groups excluding carboxylic acids is 1. The second-order valence-electron chi connectivity index (χ2n) is 6.39. The van der Waals surface area contributed by atoms with Crippen molar-refractivity contribution in [1.29, 1.82) is 0 Å². The highest BCUT2D eigenvalue weighted by Gasteiger charge is 2.26. The van der Waals surface area contributed by atoms with Crippen LogP contribution in [0.2, 0.25) is 0 Å². The van der Waals surface area contributed by atoms with Gasteiger partial charge in [-0.1, -0.05) is 12.1 Å². The predicted octanol–water partition coefficient (Wildman–Crippen LogP) is 0.836. The number of hydrogen-bond donors (Lipinski definition) is 1. The van der Waals surface area contributed by atoms with Gasteiger partial charge in [-0.2, -0.15) is 4.31 Å². The van der Waals surface area contributed by atoms with Crippen LogP contribution in [0.4, 0.5) is 0 Å². The van der Waals surface area contributed by atoms with Crippen molar-refractivity contribution in [1.82, 2.24) is 14.5 Å². The maximum atomic E-state index is 12.5. The van der Waals surface area contributed by atoms with E-state index in [1.165, 1.54) is 0 Å². The minimum Gasteiger partial charge on any atom is -0.340 e. The highest BCUT2D eigenvalue weighted by atomic mass is 32.2. The van der Waals surface area contributed by atoms with E-state index in [1.807, 2.05) is 17.0 Å². The van der Waals surface area contributed by atoms with Gasteiger partial charge in [0, 0.05) is 45.7 Å². The van der Waals surface area contributed by atoms with Crippen LogP contribution < -0.4 is 5.32 Å². The topological polar surface area (TPSA) is 69.7 Å². The summed E-state index contributed by atoms with van der Waals surface area (Å²) < 4.78 is 26.5. The van der Waals surface area contributed by atoms with Gasteiger partial charge in [-0.05, 0) is 37.0 Å². The van der Waals surface area contributed by atoms with Crippen LogP contribution in [0, 0.1) is 0 Å². The first-order valence-corrected chi connectivity index (χ1v) is 10.1. The van der Waals surface area contributed by atoms with Crippen LogP contribution in [-0.4, -0.2) is 62.8 Å². The van der Waals surface area contributed by atoms with E-state index >= 15 is 0 Å². The SMILES string of the molecule is O=C(CCc1ccc(S(=O)(=O)N2CCCC2)cc1)N1CCNCC1. The lowest BCUT2D eigenvalue weighted by Crippen LogP contribution is -2.46. The number of nitrogens with one attached hydrogen (secondary N) is 1. The van der Waals surface area contributed by atoms with Gasteiger partial charge < -0.3 is 10.2 Å². The molecule has 2 aliphatic heterocycles. The molecular formula is C17H25N3O3S. The fourth-order valence-corrected chi connectivity index (χ4v) is 4.75. The Labute approximate surface area is 143 Å². The van der Waals surface area contributed by atoms with Crippen molar-refractivity contribution in [3.63, 3.8) is 0 Å². The number of carbonyl (C=O) groups is 1. The van der Waals surface area contributed by atoms with Gasteiger partial charge in [0.25, 0.3) is 0 Å². The van der Waals surface area contributed by atoms with Gasteiger partial charge in [-0.3, -0.25) is 4.79 Å². The zero-order valence-electron chi connectivity index (χ0n) is 13.9. The van der Waals surface area contributed by atoms with Gasteiger partial charge >= 0.3 is 0 Å². The number of amides is 1. The molecule has 2 saturated heterocycles. The lowest BCUT2D eigenvalue weighted by Gasteiger charge is -2.27. The standard InChI is InChI=1S/C17H25N3O3S/c21-17(19-13-9-18-10-14-19)8-5-15-3-6-16(7-4-15)24(22,23)20-11-1-2-12-20/h3-4,6-7,18H,1-2,5,8-14H2. The van der Waals surface area contributed by atoms with E-state index in [9.17, 15) is 13.2 Å². The Hall–Kier alpha value is -1.44. The molecule has 0 saturated carbocycles. The summed E-state index contributed by atoms with van der Waals surface area (Å²) in [4.78, 5) is 14.4. The third-order valence-electron chi connectivity index (χ3n) is 4.72. The Kier molecular flexibility index (Phi) is 5.53. The Morgan fingerprint density at radius 1 is 1.00 bits per heavy atom. The summed E-state index contributed by atoms with van der Waals surface area (Å²) in [6.07, 6.45) is 2.99. The average Bonchev–Trinajstić information content (AvgIpc) is 3.16. The number of benzene rings is 1. The van der Waals surface area contributed by atoms with Crippen LogP contribution >= 0.6 is 0 Å². The molecule has 2 heterocycles. The van der Waals surface area contributed by atoms with Crippen LogP contribution in [0.1, 0.15) is 24.8 Å². The van der Waals surface area contributed by atoms with E-state index in [0.717, 1.165) is 44.6 Å². The summed E-state index contributed by atoms with van der Waals surface area (Å²) in [5.41, 5.74) is 0.999. The second-order valence-corrected chi connectivity index (χ2v) is 8.32. The normalized spacial score (nSPS) is 19.6. The van der Waals surface area contributed by atoms with Crippen molar-refractivity contribution in [2.24, 2.45) is 0 Å². The summed E-state index contributed by atoms with van der Waals surface area (Å²) in [5, 5.41) is 3.23. The van der Waals surface area contributed by atoms with Crippen molar-refractivity contribution >= 4 is 15.9 Å². The molecular weight excluding hydrogens is 326 g/mol. The molecule has 0 radical (unpaired) electrons. The highest BCUT2D eigenvalue weighted by molar-refractivity contribution is 7.89. The third kappa shape index (κ3) is 3.96. The molecule has 2 fully saturated rings. The second kappa shape index (κ2) is 7.63. The summed E-state index contributed by atoms with van der Waals surface area (Å²) in [6, 6.07) is 6.98. The Bertz CT molecular complexity index is 661. The number of piperazine rings is 1. The summed E-state index contributed by atoms with van der Waals surface area (Å²) in [7, 11) is -3.35. The van der Waals surface area contributed by atoms with Gasteiger partial charge in [-0.25, -0.2) is 8.42 Å². The van der Waals surface area contributed by atoms with E-state index in [1.54, 1.807) is 16.4 Å². The molecule has 1 N–H and O–H groups in total. The Morgan fingerprint density at radius 2 is 1.62 bits per heavy atom. The first kappa shape index (κ1) is 17.4. The maximum Gasteiger partial charge on any atom is 0.243 e. The molecule has 132 valence electrons. The van der Waals surface area contributed by atoms with E-state index in [2.05, 4.69) is 5.32 Å². The van der Waals surface area contributed by atoms with Gasteiger partial charge in [0.05, 0.1) is 4.90 Å². The highest BCUT2D eigenvalue weighted by Crippen LogP contribution is 2.21. The molecule has 1 amide bonds. The Balaban J connectivity index is 1.57. The summed E-state index contributed by atoms with van der Waals surface area (Å²) in [5.74, 6) is 0.172. The number of hydrogen-bond acceptors (Lipinski definition) is 4. The maximum absolute atomic E-state index is 12.5. The number of nitrogens with zero attached hydrogens (tertiary/aromatic N) is 2. The molecule has 24 heavy (non-hydrogen) atoms. The fraction of sp³-hybridized carbons (Fsp3) is 0.588. The van der Waals surface area contributed by atoms with Crippen LogP contribution in [0.25, 0.3) is 0 Å². The summed E-state index contributed by atoms with van der Waals surface area (Å²) >= 11 is 0. The van der Waals surface area contributed by atoms with Crippen molar-refractivity contribution in [3.8, 4) is 0 Å². The van der Waals surface area contributed by atoms with Crippen molar-refractivity contribution in [2.45, 2.75) is 30.6 Å². The largest absolute Gasteiger partial charge is 0.340 e. The van der Waals surface area contributed by atoms with E-state index in [-0.39, 0.29) is 5.91 Å². The van der Waals surface area contributed by atoms with E-state index < -0.39 is 10.0 Å². The lowest BCUT2D eigenvalue weighted by atomic mass is 10.1. The molecule has 2 aliphatic rings. The van der Waals surface area contributed by atoms with Crippen LogP contribution in [0.5, 0.6) is 0 Å². The van der Waals surface area contributed by atoms with Gasteiger partial charge in [-0.15, -0.1) is 0 Å². The molecule has 7 heteroatoms. The molecule has 6 nitrogen and oxygen atoms in total. The van der Waals surface area contributed by atoms with Crippen molar-refractivity contribution in [3.05, 3.63) is 29.8 Å². The smallest absolute Gasteiger partial charge is 0.243 e. The molecule has 0 atom stereocenters. The quantitative estimate of drug-likeness (QED) is 0.853. The number of sulfonamides is 1. The summed E-state index contributed by atoms with van der Waals surface area (Å²) in [6.45, 7) is 4.48. The zero-order valence-corrected chi connectivity index (χ0v) is 14.7. The van der Waals surface area contributed by atoms with Gasteiger partial charge in [0.2, 0.25) is 15.9 Å². The minimum atomic E-state index is -3.35. The monoisotopic (exact) mass is 351 g/mol. The minimum absolute atomic E-state index is 0.172. The molecule has 0 bridgehead atoms. The first-order chi connectivity index (χ1) is 11.6. The van der Waals surface area contributed by atoms with E-state index in [0.29, 0.717) is 30.8 Å². The first-order valence-electron chi connectivity index (χ1n) is 8.65. The average molecular weight is 351 g/mol. The van der Waals surface area contributed by atoms with E-state index in [4.69, 9.17) is 0 Å². The third-order valence-corrected chi connectivity index (χ3v) is 6.64. The zero-order chi connectivity index (χ0) is 17.0. The Morgan fingerprint density at radius 3 is 2.25 bits per heavy atom. The predicted molar refractivity (Wildman–Crippen MR) is 92.2 cm³/mol. The molecule has 1 aromatic carbocycles. The number of rotatable bonds is 5.